The molecule has 2 aromatic rings. The Morgan fingerprint density at radius 1 is 1.25 bits per heavy atom. The SMILES string of the molecule is CC(CCc1ccc(O)cc1)NC(=O)N1CC(C)c2ccccc21. The molecule has 1 aliphatic heterocycles. The molecule has 1 heterocycles. The Kier molecular flexibility index (Phi) is 4.74. The number of benzene rings is 2. The number of hydrogen-bond donors (Lipinski definition) is 2. The van der Waals surface area contributed by atoms with Crippen molar-refractivity contribution >= 4 is 11.7 Å². The number of aryl methyl sites for hydroxylation is 1. The minimum atomic E-state index is -0.0231. The van der Waals surface area contributed by atoms with Gasteiger partial charge in [-0.3, -0.25) is 4.90 Å². The van der Waals surface area contributed by atoms with Crippen LogP contribution < -0.4 is 10.2 Å². The summed E-state index contributed by atoms with van der Waals surface area (Å²) in [7, 11) is 0. The fraction of sp³-hybridized carbons (Fsp3) is 0.350. The summed E-state index contributed by atoms with van der Waals surface area (Å²) >= 11 is 0. The smallest absolute Gasteiger partial charge is 0.322 e. The number of nitrogens with zero attached hydrogens (tertiary/aromatic N) is 1. The molecule has 2 amide bonds. The van der Waals surface area contributed by atoms with Crippen molar-refractivity contribution in [1.82, 2.24) is 5.32 Å². The summed E-state index contributed by atoms with van der Waals surface area (Å²) in [5.41, 5.74) is 3.42. The molecule has 0 bridgehead atoms. The third kappa shape index (κ3) is 3.53. The summed E-state index contributed by atoms with van der Waals surface area (Å²) in [6.07, 6.45) is 1.73. The number of carbonyl (C=O) groups excluding carboxylic acids is 1. The molecule has 2 atom stereocenters. The van der Waals surface area contributed by atoms with Crippen LogP contribution in [0.4, 0.5) is 10.5 Å². The fourth-order valence-corrected chi connectivity index (χ4v) is 3.22. The van der Waals surface area contributed by atoms with Crippen molar-refractivity contribution in [2.45, 2.75) is 38.6 Å². The van der Waals surface area contributed by atoms with E-state index in [-0.39, 0.29) is 17.8 Å². The number of nitrogens with one attached hydrogen (secondary N) is 1. The molecule has 0 saturated heterocycles. The minimum Gasteiger partial charge on any atom is -0.508 e. The zero-order valence-electron chi connectivity index (χ0n) is 14.2. The van der Waals surface area contributed by atoms with Crippen LogP contribution in [-0.2, 0) is 6.42 Å². The minimum absolute atomic E-state index is 0.0231. The summed E-state index contributed by atoms with van der Waals surface area (Å²) in [5.74, 6) is 0.654. The number of carbonyl (C=O) groups is 1. The molecule has 0 aliphatic carbocycles. The maximum Gasteiger partial charge on any atom is 0.322 e. The number of urea groups is 1. The van der Waals surface area contributed by atoms with E-state index in [1.54, 1.807) is 12.1 Å². The predicted molar refractivity (Wildman–Crippen MR) is 96.6 cm³/mol. The quantitative estimate of drug-likeness (QED) is 0.891. The van der Waals surface area contributed by atoms with Gasteiger partial charge in [0.1, 0.15) is 5.75 Å². The van der Waals surface area contributed by atoms with E-state index in [4.69, 9.17) is 0 Å². The van der Waals surface area contributed by atoms with Crippen LogP contribution in [0.25, 0.3) is 0 Å². The van der Waals surface area contributed by atoms with Crippen LogP contribution >= 0.6 is 0 Å². The molecule has 24 heavy (non-hydrogen) atoms. The van der Waals surface area contributed by atoms with E-state index in [2.05, 4.69) is 18.3 Å². The van der Waals surface area contributed by atoms with Crippen molar-refractivity contribution in [2.24, 2.45) is 0 Å². The van der Waals surface area contributed by atoms with Crippen molar-refractivity contribution in [1.29, 1.82) is 0 Å². The second-order valence-electron chi connectivity index (χ2n) is 6.63. The van der Waals surface area contributed by atoms with Crippen molar-refractivity contribution < 1.29 is 9.90 Å². The lowest BCUT2D eigenvalue weighted by Gasteiger charge is -2.22. The number of phenols is 1. The number of phenolic OH excluding ortho intramolecular Hbond substituents is 1. The highest BCUT2D eigenvalue weighted by molar-refractivity contribution is 5.94. The molecule has 1 aliphatic rings. The fourth-order valence-electron chi connectivity index (χ4n) is 3.22. The number of para-hydroxylation sites is 1. The predicted octanol–water partition coefficient (Wildman–Crippen LogP) is 4.05. The Morgan fingerprint density at radius 3 is 2.71 bits per heavy atom. The van der Waals surface area contributed by atoms with E-state index < -0.39 is 0 Å². The molecule has 2 unspecified atom stereocenters. The molecule has 4 heteroatoms. The Morgan fingerprint density at radius 2 is 1.96 bits per heavy atom. The van der Waals surface area contributed by atoms with Gasteiger partial charge in [0.15, 0.2) is 0 Å². The van der Waals surface area contributed by atoms with E-state index in [9.17, 15) is 9.90 Å². The van der Waals surface area contributed by atoms with Crippen LogP contribution in [0.5, 0.6) is 5.75 Å². The van der Waals surface area contributed by atoms with Gasteiger partial charge in [-0.25, -0.2) is 4.79 Å². The monoisotopic (exact) mass is 324 g/mol. The third-order valence-corrected chi connectivity index (χ3v) is 4.63. The first-order valence-electron chi connectivity index (χ1n) is 8.49. The number of anilines is 1. The molecule has 4 nitrogen and oxygen atoms in total. The van der Waals surface area contributed by atoms with Gasteiger partial charge in [0.25, 0.3) is 0 Å². The zero-order valence-corrected chi connectivity index (χ0v) is 14.2. The van der Waals surface area contributed by atoms with Gasteiger partial charge >= 0.3 is 6.03 Å². The Labute approximate surface area is 143 Å². The lowest BCUT2D eigenvalue weighted by molar-refractivity contribution is 0.243. The first-order chi connectivity index (χ1) is 11.5. The summed E-state index contributed by atoms with van der Waals surface area (Å²) in [5, 5.41) is 12.4. The molecule has 0 spiro atoms. The second-order valence-corrected chi connectivity index (χ2v) is 6.63. The number of amides is 2. The van der Waals surface area contributed by atoms with Gasteiger partial charge in [-0.2, -0.15) is 0 Å². The topological polar surface area (TPSA) is 52.6 Å². The van der Waals surface area contributed by atoms with Gasteiger partial charge in [-0.05, 0) is 49.1 Å². The van der Waals surface area contributed by atoms with Crippen molar-refractivity contribution in [2.75, 3.05) is 11.4 Å². The Balaban J connectivity index is 1.56. The average molecular weight is 324 g/mol. The number of hydrogen-bond acceptors (Lipinski definition) is 2. The standard InChI is InChI=1S/C20H24N2O2/c1-14-13-22(19-6-4-3-5-18(14)19)20(24)21-15(2)7-8-16-9-11-17(23)12-10-16/h3-6,9-12,14-15,23H,7-8,13H2,1-2H3,(H,21,24). The van der Waals surface area contributed by atoms with E-state index >= 15 is 0 Å². The van der Waals surface area contributed by atoms with Crippen LogP contribution in [0.1, 0.15) is 37.3 Å². The second kappa shape index (κ2) is 6.95. The van der Waals surface area contributed by atoms with Crippen LogP contribution in [0.15, 0.2) is 48.5 Å². The maximum absolute atomic E-state index is 12.6. The summed E-state index contributed by atoms with van der Waals surface area (Å²) < 4.78 is 0. The van der Waals surface area contributed by atoms with E-state index in [0.717, 1.165) is 30.6 Å². The lowest BCUT2D eigenvalue weighted by atomic mass is 10.0. The molecule has 126 valence electrons. The number of aromatic hydroxyl groups is 1. The van der Waals surface area contributed by atoms with Gasteiger partial charge in [0, 0.05) is 24.2 Å². The Bertz CT molecular complexity index is 712. The molecule has 2 aromatic carbocycles. The molecule has 0 fully saturated rings. The van der Waals surface area contributed by atoms with Gasteiger partial charge in [0.2, 0.25) is 0 Å². The van der Waals surface area contributed by atoms with Crippen LogP contribution in [0.3, 0.4) is 0 Å². The lowest BCUT2D eigenvalue weighted by Crippen LogP contribution is -2.43. The van der Waals surface area contributed by atoms with Gasteiger partial charge in [-0.1, -0.05) is 37.3 Å². The van der Waals surface area contributed by atoms with Crippen molar-refractivity contribution in [3.05, 3.63) is 59.7 Å². The third-order valence-electron chi connectivity index (χ3n) is 4.63. The zero-order chi connectivity index (χ0) is 17.1. The van der Waals surface area contributed by atoms with Gasteiger partial charge in [-0.15, -0.1) is 0 Å². The molecule has 0 aromatic heterocycles. The van der Waals surface area contributed by atoms with Crippen LogP contribution in [0, 0.1) is 0 Å². The largest absolute Gasteiger partial charge is 0.508 e. The summed E-state index contributed by atoms with van der Waals surface area (Å²) in [6, 6.07) is 15.4. The Hall–Kier alpha value is -2.49. The first kappa shape index (κ1) is 16.4. The van der Waals surface area contributed by atoms with E-state index in [0.29, 0.717) is 5.92 Å². The molecule has 0 radical (unpaired) electrons. The van der Waals surface area contributed by atoms with Crippen LogP contribution in [0.2, 0.25) is 0 Å². The maximum atomic E-state index is 12.6. The highest BCUT2D eigenvalue weighted by atomic mass is 16.3. The van der Waals surface area contributed by atoms with Crippen molar-refractivity contribution in [3.8, 4) is 5.75 Å². The highest BCUT2D eigenvalue weighted by Crippen LogP contribution is 2.35. The molecular formula is C20H24N2O2. The van der Waals surface area contributed by atoms with Gasteiger partial charge in [0.05, 0.1) is 0 Å². The van der Waals surface area contributed by atoms with E-state index in [1.807, 2.05) is 42.2 Å². The molecule has 0 saturated carbocycles. The first-order valence-corrected chi connectivity index (χ1v) is 8.49. The number of fused-ring (bicyclic) bond motifs is 1. The number of rotatable bonds is 4. The van der Waals surface area contributed by atoms with E-state index in [1.165, 1.54) is 5.56 Å². The van der Waals surface area contributed by atoms with Crippen molar-refractivity contribution in [3.63, 3.8) is 0 Å². The normalized spacial score (nSPS) is 17.4. The van der Waals surface area contributed by atoms with Crippen LogP contribution in [-0.4, -0.2) is 23.7 Å². The summed E-state index contributed by atoms with van der Waals surface area (Å²) in [4.78, 5) is 14.4. The molecule has 3 rings (SSSR count). The summed E-state index contributed by atoms with van der Waals surface area (Å²) in [6.45, 7) is 4.92. The molecular weight excluding hydrogens is 300 g/mol. The van der Waals surface area contributed by atoms with Gasteiger partial charge < -0.3 is 10.4 Å². The highest BCUT2D eigenvalue weighted by Gasteiger charge is 2.29. The average Bonchev–Trinajstić information content (AvgIpc) is 2.92. The molecule has 2 N–H and O–H groups in total.